The Balaban J connectivity index is 0.750. The lowest BCUT2D eigenvalue weighted by Crippen LogP contribution is -2.34. The molecule has 0 atom stereocenters. The minimum Gasteiger partial charge on any atom is -0.473 e. The topological polar surface area (TPSA) is 18.5 Å². The fourth-order valence-corrected chi connectivity index (χ4v) is 11.0. The zero-order chi connectivity index (χ0) is 43.9. The van der Waals surface area contributed by atoms with Crippen molar-refractivity contribution in [3.05, 3.63) is 273 Å². The average molecular weight is 879 g/mol. The lowest BCUT2D eigenvalue weighted by Gasteiger charge is -2.36. The summed E-state index contributed by atoms with van der Waals surface area (Å²) in [6.45, 7) is 0. The SMILES string of the molecule is C(#Cc1ccc(-c2ccc(C#Cc3ccc4c5c(ccc4c3)OC(c3ccccc3)(c3ccccc3)C=C5)s2)s1)c1ccc2c3c(ccc2c1)OC(c1ccccc1)(c1ccccc1)C=C3. The predicted octanol–water partition coefficient (Wildman–Crippen LogP) is 15.3. The molecule has 8 aromatic carbocycles. The lowest BCUT2D eigenvalue weighted by atomic mass is 9.83. The van der Waals surface area contributed by atoms with Gasteiger partial charge in [0.1, 0.15) is 11.5 Å². The summed E-state index contributed by atoms with van der Waals surface area (Å²) in [5.41, 5.74) is 7.06. The van der Waals surface area contributed by atoms with Crippen LogP contribution >= 0.6 is 22.7 Å². The van der Waals surface area contributed by atoms with Gasteiger partial charge in [-0.25, -0.2) is 0 Å². The number of ether oxygens (including phenoxy) is 2. The molecule has 0 spiro atoms. The van der Waals surface area contributed by atoms with Crippen LogP contribution in [0.2, 0.25) is 0 Å². The van der Waals surface area contributed by atoms with Crippen molar-refractivity contribution in [1.82, 2.24) is 0 Å². The number of hydrogen-bond acceptors (Lipinski definition) is 4. The van der Waals surface area contributed by atoms with Crippen LogP contribution in [0.15, 0.2) is 218 Å². The maximum absolute atomic E-state index is 6.94. The normalized spacial score (nSPS) is 13.9. The van der Waals surface area contributed by atoms with E-state index in [0.717, 1.165) is 87.3 Å². The zero-order valence-electron chi connectivity index (χ0n) is 35.6. The van der Waals surface area contributed by atoms with Gasteiger partial charge in [-0.2, -0.15) is 0 Å². The minimum atomic E-state index is -0.705. The third-order valence-corrected chi connectivity index (χ3v) is 14.7. The molecule has 2 aliphatic heterocycles. The van der Waals surface area contributed by atoms with E-state index < -0.39 is 11.2 Å². The van der Waals surface area contributed by atoms with Crippen LogP contribution in [0.25, 0.3) is 43.5 Å². The van der Waals surface area contributed by atoms with E-state index in [-0.39, 0.29) is 0 Å². The molecule has 0 bridgehead atoms. The zero-order valence-corrected chi connectivity index (χ0v) is 37.2. The highest BCUT2D eigenvalue weighted by Crippen LogP contribution is 2.46. The van der Waals surface area contributed by atoms with Gasteiger partial charge in [0, 0.05) is 54.3 Å². The van der Waals surface area contributed by atoms with Gasteiger partial charge in [0.25, 0.3) is 0 Å². The van der Waals surface area contributed by atoms with Crippen molar-refractivity contribution in [3.8, 4) is 44.9 Å². The molecule has 0 N–H and O–H groups in total. The van der Waals surface area contributed by atoms with E-state index in [4.69, 9.17) is 9.47 Å². The largest absolute Gasteiger partial charge is 0.473 e. The highest BCUT2D eigenvalue weighted by molar-refractivity contribution is 7.22. The summed E-state index contributed by atoms with van der Waals surface area (Å²) in [6.07, 6.45) is 8.81. The van der Waals surface area contributed by atoms with Crippen molar-refractivity contribution in [1.29, 1.82) is 0 Å². The molecule has 4 heteroatoms. The third kappa shape index (κ3) is 7.11. The summed E-state index contributed by atoms with van der Waals surface area (Å²) in [6, 6.07) is 71.6. The molecular weight excluding hydrogens is 841 g/mol. The van der Waals surface area contributed by atoms with Gasteiger partial charge in [0.2, 0.25) is 0 Å². The van der Waals surface area contributed by atoms with Crippen LogP contribution in [-0.4, -0.2) is 0 Å². The molecule has 0 saturated carbocycles. The van der Waals surface area contributed by atoms with Crippen LogP contribution < -0.4 is 9.47 Å². The molecule has 2 aromatic heterocycles. The van der Waals surface area contributed by atoms with Gasteiger partial charge in [0.05, 0.1) is 9.75 Å². The highest BCUT2D eigenvalue weighted by Gasteiger charge is 2.38. The molecule has 0 aliphatic carbocycles. The molecule has 4 heterocycles. The quantitative estimate of drug-likeness (QED) is 0.160. The first-order valence-corrected chi connectivity index (χ1v) is 23.6. The fraction of sp³-hybridized carbons (Fsp3) is 0.0323. The number of hydrogen-bond donors (Lipinski definition) is 0. The molecule has 2 nitrogen and oxygen atoms in total. The molecule has 0 unspecified atom stereocenters. The Morgan fingerprint density at radius 2 is 0.727 bits per heavy atom. The van der Waals surface area contributed by atoms with Crippen LogP contribution in [0, 0.1) is 23.7 Å². The predicted molar refractivity (Wildman–Crippen MR) is 274 cm³/mol. The van der Waals surface area contributed by atoms with E-state index >= 15 is 0 Å². The van der Waals surface area contributed by atoms with E-state index in [2.05, 4.69) is 230 Å². The Morgan fingerprint density at radius 3 is 1.11 bits per heavy atom. The van der Waals surface area contributed by atoms with E-state index in [9.17, 15) is 0 Å². The molecular formula is C62H38O2S2. The van der Waals surface area contributed by atoms with Crippen LogP contribution in [-0.2, 0) is 11.2 Å². The Kier molecular flexibility index (Phi) is 9.84. The third-order valence-electron chi connectivity index (χ3n) is 12.5. The molecule has 2 aliphatic rings. The second-order valence-electron chi connectivity index (χ2n) is 16.5. The molecule has 10 aromatic rings. The number of benzene rings is 8. The van der Waals surface area contributed by atoms with Crippen molar-refractivity contribution in [2.24, 2.45) is 0 Å². The molecule has 0 amide bonds. The summed E-state index contributed by atoms with van der Waals surface area (Å²) < 4.78 is 13.9. The van der Waals surface area contributed by atoms with Crippen molar-refractivity contribution < 1.29 is 9.47 Å². The molecule has 0 fully saturated rings. The summed E-state index contributed by atoms with van der Waals surface area (Å²) in [5, 5.41) is 4.53. The standard InChI is InChI=1S/C62H38O2S2/c1-5-13-47(14-6-1)61(48-15-7-2-8-16-48)39-37-55-53-31-23-43(41-45(53)25-33-57(55)63-61)21-27-51-29-35-59(65-51)60-36-30-52(66-60)28-22-44-24-32-54-46(42-44)26-34-58-56(54)38-40-62(64-58,49-17-9-3-10-18-49)50-19-11-4-12-20-50/h1-20,23-26,29-42H. The van der Waals surface area contributed by atoms with Gasteiger partial charge in [-0.3, -0.25) is 0 Å². The summed E-state index contributed by atoms with van der Waals surface area (Å²) in [5.74, 6) is 15.4. The van der Waals surface area contributed by atoms with Crippen molar-refractivity contribution >= 4 is 56.4 Å². The van der Waals surface area contributed by atoms with Crippen molar-refractivity contribution in [2.75, 3.05) is 0 Å². The second kappa shape index (κ2) is 16.5. The summed E-state index contributed by atoms with van der Waals surface area (Å²) in [4.78, 5) is 4.42. The number of thiophene rings is 2. The Hall–Kier alpha value is -8.12. The fourth-order valence-electron chi connectivity index (χ4n) is 9.20. The van der Waals surface area contributed by atoms with Gasteiger partial charge >= 0.3 is 0 Å². The summed E-state index contributed by atoms with van der Waals surface area (Å²) in [7, 11) is 0. The second-order valence-corrected chi connectivity index (χ2v) is 18.6. The van der Waals surface area contributed by atoms with Crippen LogP contribution in [0.5, 0.6) is 11.5 Å². The van der Waals surface area contributed by atoms with Crippen LogP contribution in [0.4, 0.5) is 0 Å². The maximum atomic E-state index is 6.94. The highest BCUT2D eigenvalue weighted by atomic mass is 32.1. The summed E-state index contributed by atoms with van der Waals surface area (Å²) >= 11 is 3.42. The minimum absolute atomic E-state index is 0.705. The van der Waals surface area contributed by atoms with E-state index in [1.807, 2.05) is 24.3 Å². The first-order valence-electron chi connectivity index (χ1n) is 22.0. The van der Waals surface area contributed by atoms with Crippen LogP contribution in [0.1, 0.15) is 54.3 Å². The monoisotopic (exact) mass is 878 g/mol. The average Bonchev–Trinajstić information content (AvgIpc) is 4.08. The van der Waals surface area contributed by atoms with E-state index in [1.54, 1.807) is 22.7 Å². The first kappa shape index (κ1) is 39.5. The maximum Gasteiger partial charge on any atom is 0.178 e. The Labute approximate surface area is 392 Å². The van der Waals surface area contributed by atoms with E-state index in [1.165, 1.54) is 9.75 Å². The smallest absolute Gasteiger partial charge is 0.178 e. The number of rotatable bonds is 5. The molecule has 12 rings (SSSR count). The van der Waals surface area contributed by atoms with Crippen molar-refractivity contribution in [2.45, 2.75) is 11.2 Å². The van der Waals surface area contributed by atoms with Crippen LogP contribution in [0.3, 0.4) is 0 Å². The number of fused-ring (bicyclic) bond motifs is 6. The van der Waals surface area contributed by atoms with Gasteiger partial charge in [-0.15, -0.1) is 22.7 Å². The van der Waals surface area contributed by atoms with E-state index in [0.29, 0.717) is 0 Å². The molecule has 0 saturated heterocycles. The van der Waals surface area contributed by atoms with Gasteiger partial charge in [0.15, 0.2) is 11.2 Å². The molecule has 66 heavy (non-hydrogen) atoms. The molecule has 0 radical (unpaired) electrons. The lowest BCUT2D eigenvalue weighted by molar-refractivity contribution is 0.161. The Bertz CT molecular complexity index is 3330. The van der Waals surface area contributed by atoms with Gasteiger partial charge in [-0.05, 0) is 107 Å². The van der Waals surface area contributed by atoms with Gasteiger partial charge in [-0.1, -0.05) is 169 Å². The van der Waals surface area contributed by atoms with Crippen molar-refractivity contribution in [3.63, 3.8) is 0 Å². The van der Waals surface area contributed by atoms with Gasteiger partial charge < -0.3 is 9.47 Å². The first-order chi connectivity index (χ1) is 32.6. The Morgan fingerprint density at radius 1 is 0.348 bits per heavy atom. The molecule has 310 valence electrons.